The van der Waals surface area contributed by atoms with Crippen molar-refractivity contribution in [1.82, 2.24) is 9.88 Å². The van der Waals surface area contributed by atoms with Gasteiger partial charge in [0.1, 0.15) is 0 Å². The number of hydrogen-bond acceptors (Lipinski definition) is 3. The van der Waals surface area contributed by atoms with Crippen LogP contribution in [0.2, 0.25) is 5.02 Å². The van der Waals surface area contributed by atoms with E-state index in [1.54, 1.807) is 11.3 Å². The fourth-order valence-corrected chi connectivity index (χ4v) is 5.52. The number of halogens is 1. The second-order valence-electron chi connectivity index (χ2n) is 8.45. The zero-order valence-corrected chi connectivity index (χ0v) is 19.9. The minimum absolute atomic E-state index is 0.0805. The normalized spacial score (nSPS) is 13.8. The second kappa shape index (κ2) is 9.90. The topological polar surface area (TPSA) is 33.2 Å². The van der Waals surface area contributed by atoms with E-state index in [1.165, 1.54) is 16.9 Å². The van der Waals surface area contributed by atoms with Gasteiger partial charge in [-0.3, -0.25) is 9.78 Å². The van der Waals surface area contributed by atoms with Crippen molar-refractivity contribution >= 4 is 28.8 Å². The predicted octanol–water partition coefficient (Wildman–Crippen LogP) is 7.35. The first-order valence-corrected chi connectivity index (χ1v) is 12.6. The Morgan fingerprint density at radius 3 is 2.55 bits per heavy atom. The standard InChI is InChI=1S/C28H25ClN2OS/c29-26-17-22(28(32)31-13-5-2-6-14-31)9-10-25(26)23-18-27(33-19-23)21-11-12-30-24(16-21)15-20-7-3-1-4-8-20/h1,3-4,7-12,16-19H,2,5-6,13-15H2. The molecule has 0 bridgehead atoms. The second-order valence-corrected chi connectivity index (χ2v) is 9.76. The molecule has 166 valence electrons. The fraction of sp³-hybridized carbons (Fsp3) is 0.214. The Labute approximate surface area is 203 Å². The summed E-state index contributed by atoms with van der Waals surface area (Å²) in [5.41, 5.74) is 6.14. The van der Waals surface area contributed by atoms with E-state index in [0.717, 1.165) is 54.7 Å². The summed E-state index contributed by atoms with van der Waals surface area (Å²) >= 11 is 8.33. The van der Waals surface area contributed by atoms with Gasteiger partial charge in [0.05, 0.1) is 0 Å². The zero-order valence-electron chi connectivity index (χ0n) is 18.3. The number of amides is 1. The summed E-state index contributed by atoms with van der Waals surface area (Å²) < 4.78 is 0. The first kappa shape index (κ1) is 21.9. The first-order chi connectivity index (χ1) is 16.2. The molecule has 1 amide bonds. The third-order valence-electron chi connectivity index (χ3n) is 6.10. The lowest BCUT2D eigenvalue weighted by molar-refractivity contribution is 0.0724. The van der Waals surface area contributed by atoms with E-state index in [1.807, 2.05) is 41.4 Å². The summed E-state index contributed by atoms with van der Waals surface area (Å²) in [4.78, 5) is 20.5. The van der Waals surface area contributed by atoms with Gasteiger partial charge >= 0.3 is 0 Å². The molecule has 5 rings (SSSR count). The van der Waals surface area contributed by atoms with Crippen molar-refractivity contribution in [2.45, 2.75) is 25.7 Å². The number of rotatable bonds is 5. The van der Waals surface area contributed by atoms with Gasteiger partial charge in [-0.05, 0) is 71.7 Å². The quantitative estimate of drug-likeness (QED) is 0.304. The number of hydrogen-bond donors (Lipinski definition) is 0. The number of carbonyl (C=O) groups excluding carboxylic acids is 1. The maximum atomic E-state index is 12.8. The smallest absolute Gasteiger partial charge is 0.253 e. The third kappa shape index (κ3) is 5.02. The molecule has 33 heavy (non-hydrogen) atoms. The van der Waals surface area contributed by atoms with E-state index in [-0.39, 0.29) is 5.91 Å². The van der Waals surface area contributed by atoms with Gasteiger partial charge < -0.3 is 4.90 Å². The van der Waals surface area contributed by atoms with Crippen molar-refractivity contribution in [2.75, 3.05) is 13.1 Å². The lowest BCUT2D eigenvalue weighted by Gasteiger charge is -2.26. The molecular formula is C28H25ClN2OS. The van der Waals surface area contributed by atoms with Crippen LogP contribution < -0.4 is 0 Å². The molecule has 0 atom stereocenters. The number of thiophene rings is 1. The van der Waals surface area contributed by atoms with Crippen molar-refractivity contribution in [3.8, 4) is 21.6 Å². The predicted molar refractivity (Wildman–Crippen MR) is 137 cm³/mol. The Morgan fingerprint density at radius 1 is 0.939 bits per heavy atom. The minimum atomic E-state index is 0.0805. The van der Waals surface area contributed by atoms with E-state index in [0.29, 0.717) is 10.6 Å². The average Bonchev–Trinajstić information content (AvgIpc) is 3.35. The molecule has 0 spiro atoms. The van der Waals surface area contributed by atoms with Crippen LogP contribution >= 0.6 is 22.9 Å². The van der Waals surface area contributed by atoms with Gasteiger partial charge in [0.25, 0.3) is 5.91 Å². The Morgan fingerprint density at radius 2 is 1.76 bits per heavy atom. The summed E-state index contributed by atoms with van der Waals surface area (Å²) in [5.74, 6) is 0.0805. The van der Waals surface area contributed by atoms with Crippen molar-refractivity contribution < 1.29 is 4.79 Å². The van der Waals surface area contributed by atoms with Crippen molar-refractivity contribution in [3.05, 3.63) is 100 Å². The van der Waals surface area contributed by atoms with Crippen LogP contribution in [0.25, 0.3) is 21.6 Å². The molecule has 0 saturated carbocycles. The molecule has 4 aromatic rings. The van der Waals surface area contributed by atoms with E-state index < -0.39 is 0 Å². The van der Waals surface area contributed by atoms with Gasteiger partial charge in [0.15, 0.2) is 0 Å². The molecule has 3 heterocycles. The van der Waals surface area contributed by atoms with Gasteiger partial charge in [-0.15, -0.1) is 11.3 Å². The Hall–Kier alpha value is -2.95. The zero-order chi connectivity index (χ0) is 22.6. The van der Waals surface area contributed by atoms with Crippen LogP contribution in [0.3, 0.4) is 0 Å². The lowest BCUT2D eigenvalue weighted by Crippen LogP contribution is -2.35. The molecule has 1 aliphatic rings. The number of likely N-dealkylation sites (tertiary alicyclic amines) is 1. The van der Waals surface area contributed by atoms with Crippen LogP contribution in [0.1, 0.15) is 40.9 Å². The molecule has 2 aromatic carbocycles. The number of pyridine rings is 1. The molecule has 0 aliphatic carbocycles. The van der Waals surface area contributed by atoms with E-state index >= 15 is 0 Å². The highest BCUT2D eigenvalue weighted by Crippen LogP contribution is 2.36. The fourth-order valence-electron chi connectivity index (χ4n) is 4.32. The molecule has 0 N–H and O–H groups in total. The molecule has 1 fully saturated rings. The monoisotopic (exact) mass is 472 g/mol. The number of piperidine rings is 1. The van der Waals surface area contributed by atoms with E-state index in [4.69, 9.17) is 11.6 Å². The largest absolute Gasteiger partial charge is 0.339 e. The number of aromatic nitrogens is 1. The highest BCUT2D eigenvalue weighted by Gasteiger charge is 2.19. The molecule has 5 heteroatoms. The van der Waals surface area contributed by atoms with Crippen LogP contribution in [-0.4, -0.2) is 28.9 Å². The summed E-state index contributed by atoms with van der Waals surface area (Å²) in [6.45, 7) is 1.68. The number of nitrogens with zero attached hydrogens (tertiary/aromatic N) is 2. The van der Waals surface area contributed by atoms with Crippen LogP contribution in [0.4, 0.5) is 0 Å². The van der Waals surface area contributed by atoms with E-state index in [2.05, 4.69) is 46.8 Å². The Kier molecular flexibility index (Phi) is 6.56. The summed E-state index contributed by atoms with van der Waals surface area (Å²) in [6, 6.07) is 22.4. The molecular weight excluding hydrogens is 448 g/mol. The molecule has 0 radical (unpaired) electrons. The summed E-state index contributed by atoms with van der Waals surface area (Å²) in [6.07, 6.45) is 6.05. The highest BCUT2D eigenvalue weighted by atomic mass is 35.5. The van der Waals surface area contributed by atoms with Crippen LogP contribution in [-0.2, 0) is 6.42 Å². The summed E-state index contributed by atoms with van der Waals surface area (Å²) in [5, 5.41) is 2.74. The first-order valence-electron chi connectivity index (χ1n) is 11.3. The maximum Gasteiger partial charge on any atom is 0.253 e. The van der Waals surface area contributed by atoms with E-state index in [9.17, 15) is 4.79 Å². The van der Waals surface area contributed by atoms with Crippen molar-refractivity contribution in [1.29, 1.82) is 0 Å². The molecule has 1 saturated heterocycles. The maximum absolute atomic E-state index is 12.8. The molecule has 1 aliphatic heterocycles. The summed E-state index contributed by atoms with van der Waals surface area (Å²) in [7, 11) is 0. The van der Waals surface area contributed by atoms with Gasteiger partial charge in [-0.1, -0.05) is 48.0 Å². The molecule has 3 nitrogen and oxygen atoms in total. The van der Waals surface area contributed by atoms with Crippen LogP contribution in [0.15, 0.2) is 78.3 Å². The van der Waals surface area contributed by atoms with Gasteiger partial charge in [0.2, 0.25) is 0 Å². The van der Waals surface area contributed by atoms with Crippen LogP contribution in [0.5, 0.6) is 0 Å². The van der Waals surface area contributed by atoms with Crippen molar-refractivity contribution in [2.24, 2.45) is 0 Å². The lowest BCUT2D eigenvalue weighted by atomic mass is 10.0. The van der Waals surface area contributed by atoms with Gasteiger partial charge in [0, 0.05) is 52.4 Å². The number of benzene rings is 2. The highest BCUT2D eigenvalue weighted by molar-refractivity contribution is 7.14. The van der Waals surface area contributed by atoms with Crippen molar-refractivity contribution in [3.63, 3.8) is 0 Å². The number of carbonyl (C=O) groups is 1. The van der Waals surface area contributed by atoms with Crippen LogP contribution in [0, 0.1) is 0 Å². The molecule has 2 aromatic heterocycles. The minimum Gasteiger partial charge on any atom is -0.339 e. The average molecular weight is 473 g/mol. The Bertz CT molecular complexity index is 1260. The Balaban J connectivity index is 1.35. The SMILES string of the molecule is O=C(c1ccc(-c2csc(-c3ccnc(Cc4ccccc4)c3)c2)c(Cl)c1)N1CCCCC1. The third-order valence-corrected chi connectivity index (χ3v) is 7.39. The van der Waals surface area contributed by atoms with Gasteiger partial charge in [-0.2, -0.15) is 0 Å². The molecule has 0 unspecified atom stereocenters. The van der Waals surface area contributed by atoms with Gasteiger partial charge in [-0.25, -0.2) is 0 Å².